The zero-order valence-corrected chi connectivity index (χ0v) is 11.2. The number of hydrazine groups is 1. The van der Waals surface area contributed by atoms with Gasteiger partial charge in [0.25, 0.3) is 0 Å². The topological polar surface area (TPSA) is 47.3 Å². The van der Waals surface area contributed by atoms with Gasteiger partial charge in [0.15, 0.2) is 11.6 Å². The maximum absolute atomic E-state index is 12.5. The molecule has 0 heterocycles. The molecular weight excluding hydrogens is 243 g/mol. The van der Waals surface area contributed by atoms with Crippen molar-refractivity contribution in [2.45, 2.75) is 13.5 Å². The second kappa shape index (κ2) is 8.24. The van der Waals surface area contributed by atoms with Gasteiger partial charge in [0.1, 0.15) is 0 Å². The summed E-state index contributed by atoms with van der Waals surface area (Å²) in [7, 11) is 1.44. The van der Waals surface area contributed by atoms with Gasteiger partial charge >= 0.3 is 0 Å². The molecule has 2 aromatic carbocycles. The number of rotatable bonds is 3. The highest BCUT2D eigenvalue weighted by Gasteiger charge is 1.95. The summed E-state index contributed by atoms with van der Waals surface area (Å²) in [5, 5.41) is 0. The molecule has 0 bridgehead atoms. The predicted octanol–water partition coefficient (Wildman–Crippen LogP) is 2.79. The highest BCUT2D eigenvalue weighted by molar-refractivity contribution is 5.25. The summed E-state index contributed by atoms with van der Waals surface area (Å²) in [6.07, 6.45) is 0. The number of para-hydroxylation sites is 1. The van der Waals surface area contributed by atoms with Crippen molar-refractivity contribution in [1.82, 2.24) is 5.43 Å². The third-order valence-corrected chi connectivity index (χ3v) is 2.61. The molecule has 0 radical (unpaired) electrons. The smallest absolute Gasteiger partial charge is 0.165 e. The summed E-state index contributed by atoms with van der Waals surface area (Å²) in [6, 6.07) is 14.5. The number of benzene rings is 2. The minimum Gasteiger partial charge on any atom is -0.494 e. The van der Waals surface area contributed by atoms with E-state index in [0.29, 0.717) is 0 Å². The second-order valence-electron chi connectivity index (χ2n) is 3.94. The number of hydrogen-bond donors (Lipinski definition) is 2. The lowest BCUT2D eigenvalue weighted by atomic mass is 10.1. The summed E-state index contributed by atoms with van der Waals surface area (Å²) in [5.74, 6) is 5.15. The Morgan fingerprint density at radius 3 is 2.26 bits per heavy atom. The molecule has 4 heteroatoms. The molecule has 0 aliphatic heterocycles. The van der Waals surface area contributed by atoms with E-state index in [9.17, 15) is 4.39 Å². The van der Waals surface area contributed by atoms with Crippen molar-refractivity contribution in [1.29, 1.82) is 0 Å². The van der Waals surface area contributed by atoms with Gasteiger partial charge in [0.05, 0.1) is 7.11 Å². The van der Waals surface area contributed by atoms with Crippen LogP contribution in [0, 0.1) is 12.7 Å². The molecule has 102 valence electrons. The largest absolute Gasteiger partial charge is 0.494 e. The molecule has 0 amide bonds. The van der Waals surface area contributed by atoms with Gasteiger partial charge in [-0.1, -0.05) is 36.4 Å². The Morgan fingerprint density at radius 2 is 1.74 bits per heavy atom. The van der Waals surface area contributed by atoms with Crippen LogP contribution >= 0.6 is 0 Å². The van der Waals surface area contributed by atoms with Crippen LogP contribution in [-0.2, 0) is 6.54 Å². The van der Waals surface area contributed by atoms with Crippen molar-refractivity contribution in [2.24, 2.45) is 5.84 Å². The Balaban J connectivity index is 0.000000191. The minimum atomic E-state index is -0.319. The summed E-state index contributed by atoms with van der Waals surface area (Å²) < 4.78 is 17.1. The molecule has 0 spiro atoms. The zero-order chi connectivity index (χ0) is 14.1. The lowest BCUT2D eigenvalue weighted by Crippen LogP contribution is -2.21. The van der Waals surface area contributed by atoms with Crippen molar-refractivity contribution in [3.05, 3.63) is 65.5 Å². The van der Waals surface area contributed by atoms with Crippen LogP contribution in [0.2, 0.25) is 0 Å². The van der Waals surface area contributed by atoms with Gasteiger partial charge in [-0.3, -0.25) is 11.3 Å². The predicted molar refractivity (Wildman–Crippen MR) is 75.2 cm³/mol. The molecule has 2 aromatic rings. The van der Waals surface area contributed by atoms with Crippen LogP contribution in [0.15, 0.2) is 48.5 Å². The first-order chi connectivity index (χ1) is 9.19. The molecule has 0 saturated carbocycles. The Labute approximate surface area is 113 Å². The minimum absolute atomic E-state index is 0.289. The average Bonchev–Trinajstić information content (AvgIpc) is 2.43. The Morgan fingerprint density at radius 1 is 1.11 bits per heavy atom. The lowest BCUT2D eigenvalue weighted by Gasteiger charge is -2.02. The fourth-order valence-electron chi connectivity index (χ4n) is 1.53. The third kappa shape index (κ3) is 5.07. The maximum Gasteiger partial charge on any atom is 0.165 e. The van der Waals surface area contributed by atoms with Gasteiger partial charge in [0, 0.05) is 6.54 Å². The maximum atomic E-state index is 12.5. The fraction of sp³-hybridized carbons (Fsp3) is 0.200. The zero-order valence-electron chi connectivity index (χ0n) is 11.2. The monoisotopic (exact) mass is 262 g/mol. The van der Waals surface area contributed by atoms with E-state index in [1.807, 2.05) is 12.1 Å². The second-order valence-corrected chi connectivity index (χ2v) is 3.94. The summed E-state index contributed by atoms with van der Waals surface area (Å²) in [4.78, 5) is 0. The number of nitrogens with two attached hydrogens (primary N) is 1. The lowest BCUT2D eigenvalue weighted by molar-refractivity contribution is 0.386. The number of hydrogen-bond acceptors (Lipinski definition) is 3. The van der Waals surface area contributed by atoms with E-state index in [1.54, 1.807) is 18.2 Å². The van der Waals surface area contributed by atoms with Gasteiger partial charge in [-0.05, 0) is 30.2 Å². The van der Waals surface area contributed by atoms with E-state index in [4.69, 9.17) is 5.84 Å². The van der Waals surface area contributed by atoms with E-state index < -0.39 is 0 Å². The first-order valence-electron chi connectivity index (χ1n) is 5.95. The molecular formula is C15H19FN2O. The molecule has 2 rings (SSSR count). The average molecular weight is 262 g/mol. The van der Waals surface area contributed by atoms with Gasteiger partial charge in [-0.25, -0.2) is 4.39 Å². The molecule has 19 heavy (non-hydrogen) atoms. The van der Waals surface area contributed by atoms with Crippen LogP contribution in [0.4, 0.5) is 4.39 Å². The van der Waals surface area contributed by atoms with Crippen molar-refractivity contribution >= 4 is 0 Å². The van der Waals surface area contributed by atoms with Gasteiger partial charge in [0.2, 0.25) is 0 Å². The summed E-state index contributed by atoms with van der Waals surface area (Å²) >= 11 is 0. The van der Waals surface area contributed by atoms with Crippen molar-refractivity contribution in [3.63, 3.8) is 0 Å². The first kappa shape index (κ1) is 15.1. The number of methoxy groups -OCH3 is 1. The number of halogens is 1. The van der Waals surface area contributed by atoms with E-state index in [1.165, 1.54) is 24.3 Å². The molecule has 0 unspecified atom stereocenters. The molecule has 3 nitrogen and oxygen atoms in total. The van der Waals surface area contributed by atoms with Gasteiger partial charge in [-0.15, -0.1) is 0 Å². The third-order valence-electron chi connectivity index (χ3n) is 2.61. The molecule has 0 atom stereocenters. The van der Waals surface area contributed by atoms with Gasteiger partial charge < -0.3 is 4.74 Å². The molecule has 0 aliphatic carbocycles. The standard InChI is InChI=1S/C8H12N2.C7H7FO/c1-7-4-2-3-5-8(7)6-10-9;1-9-7-5-3-2-4-6(7)8/h2-5,10H,6,9H2,1H3;2-5H,1H3. The van der Waals surface area contributed by atoms with Crippen LogP contribution in [0.5, 0.6) is 5.75 Å². The number of nitrogens with one attached hydrogen (secondary N) is 1. The van der Waals surface area contributed by atoms with E-state index in [2.05, 4.69) is 29.2 Å². The first-order valence-corrected chi connectivity index (χ1v) is 5.95. The van der Waals surface area contributed by atoms with Crippen molar-refractivity contribution < 1.29 is 9.13 Å². The Kier molecular flexibility index (Phi) is 6.57. The Hall–Kier alpha value is -1.91. The van der Waals surface area contributed by atoms with Crippen molar-refractivity contribution in [3.8, 4) is 5.75 Å². The molecule has 3 N–H and O–H groups in total. The SMILES string of the molecule is COc1ccccc1F.Cc1ccccc1CNN. The van der Waals surface area contributed by atoms with Crippen molar-refractivity contribution in [2.75, 3.05) is 7.11 Å². The van der Waals surface area contributed by atoms with Crippen LogP contribution < -0.4 is 16.0 Å². The molecule has 0 aliphatic rings. The quantitative estimate of drug-likeness (QED) is 0.660. The van der Waals surface area contributed by atoms with E-state index >= 15 is 0 Å². The highest BCUT2D eigenvalue weighted by Crippen LogP contribution is 2.13. The van der Waals surface area contributed by atoms with Crippen LogP contribution in [0.1, 0.15) is 11.1 Å². The molecule has 0 saturated heterocycles. The van der Waals surface area contributed by atoms with Gasteiger partial charge in [-0.2, -0.15) is 0 Å². The van der Waals surface area contributed by atoms with E-state index in [0.717, 1.165) is 6.54 Å². The fourth-order valence-corrected chi connectivity index (χ4v) is 1.53. The van der Waals surface area contributed by atoms with Crippen LogP contribution in [-0.4, -0.2) is 7.11 Å². The Bertz CT molecular complexity index is 503. The van der Waals surface area contributed by atoms with Crippen LogP contribution in [0.3, 0.4) is 0 Å². The number of ether oxygens (including phenoxy) is 1. The molecule has 0 aromatic heterocycles. The highest BCUT2D eigenvalue weighted by atomic mass is 19.1. The normalized spacial score (nSPS) is 9.47. The van der Waals surface area contributed by atoms with E-state index in [-0.39, 0.29) is 11.6 Å². The number of aryl methyl sites for hydroxylation is 1. The summed E-state index contributed by atoms with van der Waals surface area (Å²) in [6.45, 7) is 2.82. The molecule has 0 fully saturated rings. The summed E-state index contributed by atoms with van der Waals surface area (Å²) in [5.41, 5.74) is 5.16. The van der Waals surface area contributed by atoms with Crippen LogP contribution in [0.25, 0.3) is 0 Å².